The lowest BCUT2D eigenvalue weighted by Gasteiger charge is -2.25. The minimum atomic E-state index is 0.164. The third-order valence-corrected chi connectivity index (χ3v) is 3.57. The number of nitrogens with one attached hydrogen (secondary N) is 1. The lowest BCUT2D eigenvalue weighted by atomic mass is 9.84. The second-order valence-corrected chi connectivity index (χ2v) is 6.50. The van der Waals surface area contributed by atoms with E-state index in [1.54, 1.807) is 0 Å². The van der Waals surface area contributed by atoms with E-state index in [0.29, 0.717) is 13.0 Å². The van der Waals surface area contributed by atoms with Gasteiger partial charge in [0.2, 0.25) is 5.91 Å². The average Bonchev–Trinajstić information content (AvgIpc) is 2.24. The van der Waals surface area contributed by atoms with Gasteiger partial charge in [-0.05, 0) is 36.6 Å². The lowest BCUT2D eigenvalue weighted by Crippen LogP contribution is -2.34. The molecule has 0 saturated carbocycles. The molecule has 0 atom stereocenters. The van der Waals surface area contributed by atoms with Crippen LogP contribution in [0.5, 0.6) is 0 Å². The van der Waals surface area contributed by atoms with E-state index in [1.807, 2.05) is 0 Å². The Labute approximate surface area is 107 Å². The summed E-state index contributed by atoms with van der Waals surface area (Å²) in [7, 11) is 0. The van der Waals surface area contributed by atoms with Crippen LogP contribution < -0.4 is 11.1 Å². The fourth-order valence-corrected chi connectivity index (χ4v) is 1.52. The van der Waals surface area contributed by atoms with Crippen molar-refractivity contribution in [3.8, 4) is 0 Å². The number of amides is 1. The standard InChI is InChI=1S/C14H30N2O/c1-6-13(2,3)11-16-12(17)7-8-14(4,5)9-10-15/h6-11,15H2,1-5H3,(H,16,17). The third-order valence-electron chi connectivity index (χ3n) is 3.57. The van der Waals surface area contributed by atoms with Crippen LogP contribution in [0, 0.1) is 10.8 Å². The Morgan fingerprint density at radius 1 is 1.12 bits per heavy atom. The smallest absolute Gasteiger partial charge is 0.220 e. The summed E-state index contributed by atoms with van der Waals surface area (Å²) in [6.07, 6.45) is 3.56. The third kappa shape index (κ3) is 8.19. The molecule has 0 aliphatic rings. The van der Waals surface area contributed by atoms with E-state index in [4.69, 9.17) is 5.73 Å². The van der Waals surface area contributed by atoms with Gasteiger partial charge in [0.05, 0.1) is 0 Å². The summed E-state index contributed by atoms with van der Waals surface area (Å²) < 4.78 is 0. The molecule has 0 unspecified atom stereocenters. The molecule has 3 nitrogen and oxygen atoms in total. The summed E-state index contributed by atoms with van der Waals surface area (Å²) in [6.45, 7) is 12.3. The molecule has 0 aromatic carbocycles. The quantitative estimate of drug-likeness (QED) is 0.687. The molecule has 3 N–H and O–H groups in total. The summed E-state index contributed by atoms with van der Waals surface area (Å²) in [5.74, 6) is 0.164. The Bertz CT molecular complexity index is 234. The summed E-state index contributed by atoms with van der Waals surface area (Å²) in [5.41, 5.74) is 5.92. The molecule has 0 aliphatic heterocycles. The van der Waals surface area contributed by atoms with Crippen molar-refractivity contribution in [3.05, 3.63) is 0 Å². The zero-order valence-corrected chi connectivity index (χ0v) is 12.2. The maximum absolute atomic E-state index is 11.7. The van der Waals surface area contributed by atoms with Crippen LogP contribution in [-0.2, 0) is 4.79 Å². The van der Waals surface area contributed by atoms with Crippen LogP contribution in [0.3, 0.4) is 0 Å². The highest BCUT2D eigenvalue weighted by molar-refractivity contribution is 5.75. The van der Waals surface area contributed by atoms with Gasteiger partial charge in [-0.2, -0.15) is 0 Å². The molecule has 0 aromatic rings. The van der Waals surface area contributed by atoms with E-state index in [9.17, 15) is 4.79 Å². The van der Waals surface area contributed by atoms with Crippen LogP contribution in [-0.4, -0.2) is 19.0 Å². The van der Waals surface area contributed by atoms with Crippen molar-refractivity contribution < 1.29 is 4.79 Å². The van der Waals surface area contributed by atoms with E-state index >= 15 is 0 Å². The average molecular weight is 242 g/mol. The number of hydrogen-bond acceptors (Lipinski definition) is 2. The van der Waals surface area contributed by atoms with Crippen molar-refractivity contribution in [1.29, 1.82) is 0 Å². The lowest BCUT2D eigenvalue weighted by molar-refractivity contribution is -0.122. The number of carbonyl (C=O) groups is 1. The first-order chi connectivity index (χ1) is 7.72. The van der Waals surface area contributed by atoms with Gasteiger partial charge < -0.3 is 11.1 Å². The highest BCUT2D eigenvalue weighted by Crippen LogP contribution is 2.25. The van der Waals surface area contributed by atoms with Crippen molar-refractivity contribution in [2.45, 2.75) is 60.3 Å². The van der Waals surface area contributed by atoms with Crippen LogP contribution in [0.1, 0.15) is 60.3 Å². The van der Waals surface area contributed by atoms with Crippen molar-refractivity contribution in [1.82, 2.24) is 5.32 Å². The second-order valence-electron chi connectivity index (χ2n) is 6.50. The van der Waals surface area contributed by atoms with Gasteiger partial charge in [-0.3, -0.25) is 4.79 Å². The van der Waals surface area contributed by atoms with Crippen molar-refractivity contribution in [3.63, 3.8) is 0 Å². The highest BCUT2D eigenvalue weighted by atomic mass is 16.1. The van der Waals surface area contributed by atoms with Gasteiger partial charge in [-0.15, -0.1) is 0 Å². The molecule has 0 saturated heterocycles. The Kier molecular flexibility index (Phi) is 6.76. The van der Waals surface area contributed by atoms with E-state index in [0.717, 1.165) is 25.8 Å². The molecule has 1 amide bonds. The maximum atomic E-state index is 11.7. The van der Waals surface area contributed by atoms with Crippen molar-refractivity contribution in [2.24, 2.45) is 16.6 Å². The number of nitrogens with two attached hydrogens (primary N) is 1. The number of carbonyl (C=O) groups excluding carboxylic acids is 1. The van der Waals surface area contributed by atoms with Crippen LogP contribution >= 0.6 is 0 Å². The Balaban J connectivity index is 3.88. The Morgan fingerprint density at radius 2 is 1.71 bits per heavy atom. The Hall–Kier alpha value is -0.570. The van der Waals surface area contributed by atoms with Gasteiger partial charge in [0, 0.05) is 13.0 Å². The van der Waals surface area contributed by atoms with Crippen LogP contribution in [0.2, 0.25) is 0 Å². The number of rotatable bonds is 8. The minimum Gasteiger partial charge on any atom is -0.356 e. The van der Waals surface area contributed by atoms with E-state index in [-0.39, 0.29) is 16.7 Å². The van der Waals surface area contributed by atoms with Crippen LogP contribution in [0.15, 0.2) is 0 Å². The van der Waals surface area contributed by atoms with Gasteiger partial charge in [-0.25, -0.2) is 0 Å². The molecule has 0 fully saturated rings. The molecule has 0 aliphatic carbocycles. The van der Waals surface area contributed by atoms with Gasteiger partial charge in [0.1, 0.15) is 0 Å². The molecule has 0 rings (SSSR count). The molecule has 0 aromatic heterocycles. The highest BCUT2D eigenvalue weighted by Gasteiger charge is 2.20. The molecule has 0 heterocycles. The fourth-order valence-electron chi connectivity index (χ4n) is 1.52. The van der Waals surface area contributed by atoms with Gasteiger partial charge >= 0.3 is 0 Å². The van der Waals surface area contributed by atoms with Crippen molar-refractivity contribution >= 4 is 5.91 Å². The van der Waals surface area contributed by atoms with Crippen LogP contribution in [0.4, 0.5) is 0 Å². The van der Waals surface area contributed by atoms with Gasteiger partial charge in [0.15, 0.2) is 0 Å². The Morgan fingerprint density at radius 3 is 2.18 bits per heavy atom. The molecule has 3 heteroatoms. The topological polar surface area (TPSA) is 55.1 Å². The number of hydrogen-bond donors (Lipinski definition) is 2. The molecule has 17 heavy (non-hydrogen) atoms. The largest absolute Gasteiger partial charge is 0.356 e. The van der Waals surface area contributed by atoms with E-state index in [1.165, 1.54) is 0 Å². The molecular formula is C14H30N2O. The summed E-state index contributed by atoms with van der Waals surface area (Å²) in [6, 6.07) is 0. The summed E-state index contributed by atoms with van der Waals surface area (Å²) >= 11 is 0. The summed E-state index contributed by atoms with van der Waals surface area (Å²) in [4.78, 5) is 11.7. The first-order valence-electron chi connectivity index (χ1n) is 6.69. The monoisotopic (exact) mass is 242 g/mol. The molecule has 0 bridgehead atoms. The van der Waals surface area contributed by atoms with Crippen molar-refractivity contribution in [2.75, 3.05) is 13.1 Å². The summed E-state index contributed by atoms with van der Waals surface area (Å²) in [5, 5.41) is 3.02. The maximum Gasteiger partial charge on any atom is 0.220 e. The van der Waals surface area contributed by atoms with E-state index < -0.39 is 0 Å². The zero-order chi connectivity index (χ0) is 13.5. The van der Waals surface area contributed by atoms with Gasteiger partial charge in [0.25, 0.3) is 0 Å². The molecular weight excluding hydrogens is 212 g/mol. The zero-order valence-electron chi connectivity index (χ0n) is 12.2. The first kappa shape index (κ1) is 16.4. The predicted octanol–water partition coefficient (Wildman–Crippen LogP) is 2.69. The first-order valence-corrected chi connectivity index (χ1v) is 6.69. The molecule has 102 valence electrons. The van der Waals surface area contributed by atoms with Crippen LogP contribution in [0.25, 0.3) is 0 Å². The van der Waals surface area contributed by atoms with E-state index in [2.05, 4.69) is 39.9 Å². The normalized spacial score (nSPS) is 12.6. The molecule has 0 spiro atoms. The fraction of sp³-hybridized carbons (Fsp3) is 0.929. The minimum absolute atomic E-state index is 0.164. The SMILES string of the molecule is CCC(C)(C)CNC(=O)CCC(C)(C)CCN. The molecule has 0 radical (unpaired) electrons. The van der Waals surface area contributed by atoms with Gasteiger partial charge in [-0.1, -0.05) is 34.6 Å². The predicted molar refractivity (Wildman–Crippen MR) is 73.8 cm³/mol. The second kappa shape index (κ2) is 7.00.